The molecule has 0 saturated carbocycles. The van der Waals surface area contributed by atoms with Crippen LogP contribution in [0.4, 0.5) is 10.6 Å². The number of anilines is 1. The number of nitriles is 1. The minimum Gasteiger partial charge on any atom is -0.453 e. The average Bonchev–Trinajstić information content (AvgIpc) is 2.32. The molecule has 1 amide bonds. The van der Waals surface area contributed by atoms with Crippen LogP contribution < -0.4 is 5.32 Å². The third-order valence-corrected chi connectivity index (χ3v) is 2.58. The molecule has 1 aromatic rings. The van der Waals surface area contributed by atoms with Crippen molar-refractivity contribution in [3.05, 3.63) is 23.9 Å². The summed E-state index contributed by atoms with van der Waals surface area (Å²) in [6, 6.07) is 5.60. The number of nitrogens with one attached hydrogen (secondary N) is 1. The number of carbonyl (C=O) groups is 1. The third kappa shape index (κ3) is 2.28. The molecule has 0 aliphatic carbocycles. The van der Waals surface area contributed by atoms with Gasteiger partial charge in [0.2, 0.25) is 0 Å². The van der Waals surface area contributed by atoms with Gasteiger partial charge in [0.05, 0.1) is 18.7 Å². The first kappa shape index (κ1) is 11.2. The summed E-state index contributed by atoms with van der Waals surface area (Å²) in [4.78, 5) is 16.8. The van der Waals surface area contributed by atoms with Crippen molar-refractivity contribution in [3.8, 4) is 6.07 Å². The molecule has 88 valence electrons. The van der Waals surface area contributed by atoms with Crippen molar-refractivity contribution in [1.82, 2.24) is 9.88 Å². The van der Waals surface area contributed by atoms with Gasteiger partial charge in [-0.15, -0.1) is 0 Å². The number of ether oxygens (including phenoxy) is 1. The van der Waals surface area contributed by atoms with Crippen molar-refractivity contribution in [3.63, 3.8) is 0 Å². The van der Waals surface area contributed by atoms with E-state index in [0.29, 0.717) is 24.5 Å². The topological polar surface area (TPSA) is 78.2 Å². The van der Waals surface area contributed by atoms with E-state index in [1.54, 1.807) is 23.2 Å². The SMILES string of the molecule is COC(=O)N1CC(Nc2ncccc2C#N)C1. The summed E-state index contributed by atoms with van der Waals surface area (Å²) in [5.41, 5.74) is 0.504. The molecule has 0 unspecified atom stereocenters. The van der Waals surface area contributed by atoms with Crippen LogP contribution in [0.3, 0.4) is 0 Å². The maximum absolute atomic E-state index is 11.1. The molecule has 6 nitrogen and oxygen atoms in total. The molecule has 1 fully saturated rings. The zero-order valence-electron chi connectivity index (χ0n) is 9.38. The molecule has 6 heteroatoms. The number of carbonyl (C=O) groups excluding carboxylic acids is 1. The standard InChI is InChI=1S/C11H12N4O2/c1-17-11(16)15-6-9(7-15)14-10-8(5-12)3-2-4-13-10/h2-4,9H,6-7H2,1H3,(H,13,14). The Hall–Kier alpha value is -2.29. The van der Waals surface area contributed by atoms with E-state index in [2.05, 4.69) is 21.1 Å². The molecular weight excluding hydrogens is 220 g/mol. The van der Waals surface area contributed by atoms with E-state index in [0.717, 1.165) is 0 Å². The Morgan fingerprint density at radius 2 is 2.47 bits per heavy atom. The van der Waals surface area contributed by atoms with Crippen molar-refractivity contribution < 1.29 is 9.53 Å². The second kappa shape index (κ2) is 4.70. The number of amides is 1. The first-order chi connectivity index (χ1) is 8.24. The van der Waals surface area contributed by atoms with Crippen LogP contribution in [-0.2, 0) is 4.74 Å². The lowest BCUT2D eigenvalue weighted by atomic mass is 10.1. The maximum Gasteiger partial charge on any atom is 0.409 e. The summed E-state index contributed by atoms with van der Waals surface area (Å²) in [5.74, 6) is 0.560. The zero-order valence-corrected chi connectivity index (χ0v) is 9.38. The Morgan fingerprint density at radius 1 is 1.71 bits per heavy atom. The van der Waals surface area contributed by atoms with Crippen LogP contribution in [0.1, 0.15) is 5.56 Å². The molecule has 1 aliphatic rings. The largest absolute Gasteiger partial charge is 0.453 e. The normalized spacial score (nSPS) is 14.7. The number of hydrogen-bond donors (Lipinski definition) is 1. The van der Waals surface area contributed by atoms with E-state index in [9.17, 15) is 4.79 Å². The molecule has 0 bridgehead atoms. The van der Waals surface area contributed by atoms with Crippen LogP contribution >= 0.6 is 0 Å². The fourth-order valence-electron chi connectivity index (χ4n) is 1.65. The summed E-state index contributed by atoms with van der Waals surface area (Å²) in [6.45, 7) is 1.13. The van der Waals surface area contributed by atoms with Gasteiger partial charge in [0, 0.05) is 19.3 Å². The first-order valence-corrected chi connectivity index (χ1v) is 5.19. The highest BCUT2D eigenvalue weighted by Gasteiger charge is 2.31. The second-order valence-electron chi connectivity index (χ2n) is 3.73. The highest BCUT2D eigenvalue weighted by molar-refractivity contribution is 5.69. The number of hydrogen-bond acceptors (Lipinski definition) is 5. The van der Waals surface area contributed by atoms with Crippen LogP contribution in [0.15, 0.2) is 18.3 Å². The monoisotopic (exact) mass is 232 g/mol. The van der Waals surface area contributed by atoms with E-state index in [1.807, 2.05) is 0 Å². The predicted molar refractivity (Wildman–Crippen MR) is 60.3 cm³/mol. The number of methoxy groups -OCH3 is 1. The van der Waals surface area contributed by atoms with Crippen molar-refractivity contribution in [2.45, 2.75) is 6.04 Å². The van der Waals surface area contributed by atoms with Gasteiger partial charge in [-0.25, -0.2) is 9.78 Å². The molecule has 2 heterocycles. The predicted octanol–water partition coefficient (Wildman–Crippen LogP) is 0.816. The van der Waals surface area contributed by atoms with Crippen LogP contribution in [-0.4, -0.2) is 42.2 Å². The minimum absolute atomic E-state index is 0.121. The van der Waals surface area contributed by atoms with Crippen molar-refractivity contribution in [2.24, 2.45) is 0 Å². The van der Waals surface area contributed by atoms with Crippen LogP contribution in [0.25, 0.3) is 0 Å². The molecule has 1 aliphatic heterocycles. The Labute approximate surface area is 98.8 Å². The van der Waals surface area contributed by atoms with Crippen molar-refractivity contribution in [1.29, 1.82) is 5.26 Å². The summed E-state index contributed by atoms with van der Waals surface area (Å²) in [6.07, 6.45) is 1.30. The van der Waals surface area contributed by atoms with Gasteiger partial charge in [0.1, 0.15) is 11.9 Å². The fraction of sp³-hybridized carbons (Fsp3) is 0.364. The van der Waals surface area contributed by atoms with Gasteiger partial charge < -0.3 is 15.0 Å². The Balaban J connectivity index is 1.92. The van der Waals surface area contributed by atoms with Crippen LogP contribution in [0.5, 0.6) is 0 Å². The van der Waals surface area contributed by atoms with Crippen molar-refractivity contribution in [2.75, 3.05) is 25.5 Å². The number of pyridine rings is 1. The molecule has 0 spiro atoms. The molecule has 0 radical (unpaired) electrons. The number of likely N-dealkylation sites (tertiary alicyclic amines) is 1. The maximum atomic E-state index is 11.1. The molecule has 0 atom stereocenters. The quantitative estimate of drug-likeness (QED) is 0.816. The molecule has 1 N–H and O–H groups in total. The Kier molecular flexibility index (Phi) is 3.10. The lowest BCUT2D eigenvalue weighted by molar-refractivity contribution is 0.0929. The molecule has 2 rings (SSSR count). The Bertz CT molecular complexity index is 463. The van der Waals surface area contributed by atoms with E-state index >= 15 is 0 Å². The summed E-state index contributed by atoms with van der Waals surface area (Å²) in [5, 5.41) is 12.0. The van der Waals surface area contributed by atoms with Gasteiger partial charge >= 0.3 is 6.09 Å². The van der Waals surface area contributed by atoms with Crippen LogP contribution in [0, 0.1) is 11.3 Å². The smallest absolute Gasteiger partial charge is 0.409 e. The van der Waals surface area contributed by atoms with Gasteiger partial charge in [-0.05, 0) is 12.1 Å². The zero-order chi connectivity index (χ0) is 12.3. The number of nitrogens with zero attached hydrogens (tertiary/aromatic N) is 3. The molecule has 0 aromatic carbocycles. The summed E-state index contributed by atoms with van der Waals surface area (Å²) in [7, 11) is 1.36. The van der Waals surface area contributed by atoms with Gasteiger partial charge in [0.25, 0.3) is 0 Å². The average molecular weight is 232 g/mol. The number of rotatable bonds is 2. The Morgan fingerprint density at radius 3 is 3.12 bits per heavy atom. The molecule has 1 aromatic heterocycles. The summed E-state index contributed by atoms with van der Waals surface area (Å²) >= 11 is 0. The van der Waals surface area contributed by atoms with Crippen LogP contribution in [0.2, 0.25) is 0 Å². The highest BCUT2D eigenvalue weighted by atomic mass is 16.5. The second-order valence-corrected chi connectivity index (χ2v) is 3.73. The van der Waals surface area contributed by atoms with E-state index in [1.165, 1.54) is 7.11 Å². The van der Waals surface area contributed by atoms with E-state index in [-0.39, 0.29) is 12.1 Å². The number of aromatic nitrogens is 1. The minimum atomic E-state index is -0.329. The molecule has 17 heavy (non-hydrogen) atoms. The van der Waals surface area contributed by atoms with Gasteiger partial charge in [-0.3, -0.25) is 0 Å². The fourth-order valence-corrected chi connectivity index (χ4v) is 1.65. The lowest BCUT2D eigenvalue weighted by Crippen LogP contribution is -2.57. The lowest BCUT2D eigenvalue weighted by Gasteiger charge is -2.38. The molecular formula is C11H12N4O2. The highest BCUT2D eigenvalue weighted by Crippen LogP contribution is 2.17. The summed E-state index contributed by atoms with van der Waals surface area (Å²) < 4.78 is 4.59. The van der Waals surface area contributed by atoms with E-state index < -0.39 is 0 Å². The van der Waals surface area contributed by atoms with Gasteiger partial charge in [-0.1, -0.05) is 0 Å². The van der Waals surface area contributed by atoms with E-state index in [4.69, 9.17) is 5.26 Å². The third-order valence-electron chi connectivity index (χ3n) is 2.58. The first-order valence-electron chi connectivity index (χ1n) is 5.19. The van der Waals surface area contributed by atoms with Gasteiger partial charge in [-0.2, -0.15) is 5.26 Å². The van der Waals surface area contributed by atoms with Crippen molar-refractivity contribution >= 4 is 11.9 Å². The molecule has 1 saturated heterocycles. The van der Waals surface area contributed by atoms with Gasteiger partial charge in [0.15, 0.2) is 0 Å².